The molecule has 1 unspecified atom stereocenters. The van der Waals surface area contributed by atoms with Crippen LogP contribution in [-0.4, -0.2) is 32.5 Å². The van der Waals surface area contributed by atoms with E-state index in [9.17, 15) is 9.18 Å². The van der Waals surface area contributed by atoms with Crippen molar-refractivity contribution < 1.29 is 14.4 Å². The van der Waals surface area contributed by atoms with E-state index in [-0.39, 0.29) is 11.9 Å². The number of hydroxylamine groups is 1. The van der Waals surface area contributed by atoms with Crippen LogP contribution in [0, 0.1) is 5.82 Å². The summed E-state index contributed by atoms with van der Waals surface area (Å²) >= 11 is 12.4. The summed E-state index contributed by atoms with van der Waals surface area (Å²) in [5.41, 5.74) is 7.86. The number of aromatic nitrogens is 2. The average molecular weight is 527 g/mol. The second kappa shape index (κ2) is 10.5. The second-order valence-electron chi connectivity index (χ2n) is 9.00. The molecule has 0 aliphatic heterocycles. The van der Waals surface area contributed by atoms with E-state index in [1.807, 2.05) is 24.4 Å². The molecule has 0 spiro atoms. The van der Waals surface area contributed by atoms with Gasteiger partial charge in [-0.2, -0.15) is 0 Å². The molecule has 4 N–H and O–H groups in total. The van der Waals surface area contributed by atoms with E-state index in [2.05, 4.69) is 27.0 Å². The van der Waals surface area contributed by atoms with E-state index < -0.39 is 5.91 Å². The number of amides is 1. The first kappa shape index (κ1) is 24.6. The van der Waals surface area contributed by atoms with Crippen molar-refractivity contribution in [1.82, 2.24) is 20.3 Å². The summed E-state index contributed by atoms with van der Waals surface area (Å²) in [5, 5.41) is 10.7. The molecule has 1 aliphatic rings. The van der Waals surface area contributed by atoms with Gasteiger partial charge in [-0.3, -0.25) is 14.9 Å². The molecule has 36 heavy (non-hydrogen) atoms. The van der Waals surface area contributed by atoms with Crippen LogP contribution in [0.1, 0.15) is 40.4 Å². The first-order chi connectivity index (χ1) is 17.4. The Bertz CT molecular complexity index is 1430. The molecule has 0 fully saturated rings. The van der Waals surface area contributed by atoms with Gasteiger partial charge < -0.3 is 9.97 Å². The van der Waals surface area contributed by atoms with Gasteiger partial charge in [0.25, 0.3) is 5.91 Å². The molecule has 186 valence electrons. The number of halogens is 3. The van der Waals surface area contributed by atoms with E-state index in [1.165, 1.54) is 29.3 Å². The Hall–Kier alpha value is -3.10. The van der Waals surface area contributed by atoms with Crippen LogP contribution in [-0.2, 0) is 24.2 Å². The minimum Gasteiger partial charge on any atom is -0.361 e. The topological polar surface area (TPSA) is 84.2 Å². The molecule has 2 aromatic carbocycles. The van der Waals surface area contributed by atoms with Crippen LogP contribution in [0.4, 0.5) is 4.39 Å². The van der Waals surface area contributed by atoms with Crippen LogP contribution in [0.25, 0.3) is 17.0 Å². The van der Waals surface area contributed by atoms with Crippen molar-refractivity contribution in [2.75, 3.05) is 6.54 Å². The van der Waals surface area contributed by atoms with Crippen molar-refractivity contribution in [3.8, 4) is 0 Å². The summed E-state index contributed by atoms with van der Waals surface area (Å²) in [4.78, 5) is 20.1. The van der Waals surface area contributed by atoms with Gasteiger partial charge in [0.1, 0.15) is 11.0 Å². The third-order valence-corrected chi connectivity index (χ3v) is 7.44. The van der Waals surface area contributed by atoms with Gasteiger partial charge in [-0.1, -0.05) is 41.4 Å². The lowest BCUT2D eigenvalue weighted by Gasteiger charge is -2.29. The van der Waals surface area contributed by atoms with Crippen LogP contribution in [0.3, 0.4) is 0 Å². The van der Waals surface area contributed by atoms with Gasteiger partial charge in [-0.15, -0.1) is 0 Å². The summed E-state index contributed by atoms with van der Waals surface area (Å²) in [7, 11) is 0. The largest absolute Gasteiger partial charge is 0.361 e. The number of aryl methyl sites for hydroxylation is 1. The smallest absolute Gasteiger partial charge is 0.267 e. The quantitative estimate of drug-likeness (QED) is 0.125. The highest BCUT2D eigenvalue weighted by Crippen LogP contribution is 2.38. The van der Waals surface area contributed by atoms with E-state index in [4.69, 9.17) is 28.4 Å². The number of carbonyl (C=O) groups excluding carboxylic acids is 1. The maximum absolute atomic E-state index is 13.6. The Morgan fingerprint density at radius 2 is 2.08 bits per heavy atom. The number of aromatic amines is 2. The molecule has 9 heteroatoms. The summed E-state index contributed by atoms with van der Waals surface area (Å²) in [6.07, 6.45) is 7.60. The fraction of sp³-hybridized carbons (Fsp3) is 0.222. The van der Waals surface area contributed by atoms with Crippen LogP contribution >= 0.6 is 23.2 Å². The van der Waals surface area contributed by atoms with Gasteiger partial charge in [-0.25, -0.2) is 9.87 Å². The number of fused-ring (bicyclic) bond motifs is 2. The van der Waals surface area contributed by atoms with Crippen molar-refractivity contribution >= 4 is 46.1 Å². The fourth-order valence-electron chi connectivity index (χ4n) is 5.04. The molecule has 5 rings (SSSR count). The molecule has 6 nitrogen and oxygen atoms in total. The van der Waals surface area contributed by atoms with Crippen LogP contribution < -0.4 is 5.48 Å². The lowest BCUT2D eigenvalue weighted by atomic mass is 10.0. The first-order valence-corrected chi connectivity index (χ1v) is 12.4. The number of benzene rings is 2. The Balaban J connectivity index is 1.40. The van der Waals surface area contributed by atoms with Crippen LogP contribution in [0.5, 0.6) is 0 Å². The van der Waals surface area contributed by atoms with Crippen LogP contribution in [0.2, 0.25) is 10.2 Å². The van der Waals surface area contributed by atoms with Gasteiger partial charge >= 0.3 is 0 Å². The van der Waals surface area contributed by atoms with Gasteiger partial charge in [0, 0.05) is 48.0 Å². The van der Waals surface area contributed by atoms with Crippen LogP contribution in [0.15, 0.2) is 54.7 Å². The van der Waals surface area contributed by atoms with Gasteiger partial charge in [0.05, 0.1) is 5.02 Å². The van der Waals surface area contributed by atoms with E-state index in [1.54, 1.807) is 11.6 Å². The number of hydrogen-bond acceptors (Lipinski definition) is 3. The fourth-order valence-corrected chi connectivity index (χ4v) is 5.39. The molecule has 0 radical (unpaired) electrons. The minimum absolute atomic E-state index is 0.197. The zero-order valence-electron chi connectivity index (χ0n) is 19.3. The first-order valence-electron chi connectivity index (χ1n) is 11.7. The van der Waals surface area contributed by atoms with Gasteiger partial charge in [0.2, 0.25) is 0 Å². The molecule has 0 saturated carbocycles. The normalized spacial score (nSPS) is 15.3. The second-order valence-corrected chi connectivity index (χ2v) is 9.79. The number of carbonyl (C=O) groups is 1. The van der Waals surface area contributed by atoms with Crippen molar-refractivity contribution in [2.24, 2.45) is 0 Å². The van der Waals surface area contributed by atoms with Crippen molar-refractivity contribution in [2.45, 2.75) is 31.8 Å². The molecule has 0 bridgehead atoms. The van der Waals surface area contributed by atoms with E-state index in [0.29, 0.717) is 16.7 Å². The molecule has 2 aromatic heterocycles. The highest BCUT2D eigenvalue weighted by Gasteiger charge is 2.28. The van der Waals surface area contributed by atoms with Gasteiger partial charge in [0.15, 0.2) is 0 Å². The van der Waals surface area contributed by atoms with Gasteiger partial charge in [-0.05, 0) is 71.9 Å². The van der Waals surface area contributed by atoms with Crippen molar-refractivity contribution in [3.05, 3.63) is 98.7 Å². The SMILES string of the molecule is O=C(C=Cc1ccc2c(c1)CCC2N(CCc1c[nH]c2cc(F)ccc12)Cc1cc(Cl)c(Cl)[nH]1)NO. The molecule has 4 aromatic rings. The average Bonchev–Trinajstić information content (AvgIpc) is 3.56. The molecular formula is C27H25Cl2FN4O2. The lowest BCUT2D eigenvalue weighted by Crippen LogP contribution is -2.29. The molecule has 1 atom stereocenters. The zero-order valence-corrected chi connectivity index (χ0v) is 20.8. The predicted molar refractivity (Wildman–Crippen MR) is 140 cm³/mol. The molecular weight excluding hydrogens is 502 g/mol. The Kier molecular flexibility index (Phi) is 7.16. The summed E-state index contributed by atoms with van der Waals surface area (Å²) in [5.74, 6) is -0.824. The maximum Gasteiger partial charge on any atom is 0.267 e. The third-order valence-electron chi connectivity index (χ3n) is 6.74. The number of H-pyrrole nitrogens is 2. The lowest BCUT2D eigenvalue weighted by molar-refractivity contribution is -0.124. The highest BCUT2D eigenvalue weighted by molar-refractivity contribution is 6.41. The summed E-state index contributed by atoms with van der Waals surface area (Å²) in [6, 6.07) is 13.1. The Labute approximate surface area is 217 Å². The Morgan fingerprint density at radius 1 is 1.22 bits per heavy atom. The Morgan fingerprint density at radius 3 is 2.86 bits per heavy atom. The van der Waals surface area contributed by atoms with E-state index in [0.717, 1.165) is 53.5 Å². The van der Waals surface area contributed by atoms with Crippen molar-refractivity contribution in [3.63, 3.8) is 0 Å². The zero-order chi connectivity index (χ0) is 25.2. The monoisotopic (exact) mass is 526 g/mol. The highest BCUT2D eigenvalue weighted by atomic mass is 35.5. The standard InChI is InChI=1S/C27H25Cl2FN4O2/c28-23-13-20(32-27(23)29)15-34(10-9-18-14-31-24-12-19(30)4-6-21(18)24)25-7-3-17-11-16(1-5-22(17)25)2-8-26(35)33-36/h1-2,4-6,8,11-14,25,31-32,36H,3,7,9-10,15H2,(H,33,35). The summed E-state index contributed by atoms with van der Waals surface area (Å²) < 4.78 is 13.6. The molecule has 1 aliphatic carbocycles. The van der Waals surface area contributed by atoms with E-state index >= 15 is 0 Å². The third kappa shape index (κ3) is 5.20. The summed E-state index contributed by atoms with van der Waals surface area (Å²) in [6.45, 7) is 1.42. The number of nitrogens with zero attached hydrogens (tertiary/aromatic N) is 1. The number of nitrogens with one attached hydrogen (secondary N) is 3. The molecule has 0 saturated heterocycles. The minimum atomic E-state index is -0.567. The maximum atomic E-state index is 13.6. The predicted octanol–water partition coefficient (Wildman–Crippen LogP) is 6.19. The van der Waals surface area contributed by atoms with Crippen molar-refractivity contribution in [1.29, 1.82) is 0 Å². The molecule has 2 heterocycles. The molecule has 1 amide bonds. The number of rotatable bonds is 8. The number of hydrogen-bond donors (Lipinski definition) is 4.